The third-order valence-electron chi connectivity index (χ3n) is 6.92. The molecule has 0 bridgehead atoms. The first-order valence-electron chi connectivity index (χ1n) is 12.9. The molecule has 1 aliphatic rings. The molecule has 0 amide bonds. The van der Waals surface area contributed by atoms with Crippen LogP contribution in [0.1, 0.15) is 40.8 Å². The van der Waals surface area contributed by atoms with Crippen LogP contribution in [0.2, 0.25) is 0 Å². The lowest BCUT2D eigenvalue weighted by Gasteiger charge is -2.18. The second-order valence-corrected chi connectivity index (χ2v) is 9.42. The minimum atomic E-state index is -0.462. The second-order valence-electron chi connectivity index (χ2n) is 9.42. The topological polar surface area (TPSA) is 114 Å². The van der Waals surface area contributed by atoms with Gasteiger partial charge in [-0.25, -0.2) is 15.0 Å². The van der Waals surface area contributed by atoms with Gasteiger partial charge in [0, 0.05) is 70.8 Å². The van der Waals surface area contributed by atoms with Gasteiger partial charge in [-0.2, -0.15) is 4.39 Å². The fourth-order valence-electron chi connectivity index (χ4n) is 4.76. The van der Waals surface area contributed by atoms with Crippen molar-refractivity contribution in [2.45, 2.75) is 38.1 Å². The molecule has 0 saturated carbocycles. The summed E-state index contributed by atoms with van der Waals surface area (Å²) in [6, 6.07) is 9.85. The molecule has 196 valence electrons. The number of pyridine rings is 3. The number of methoxy groups -OCH3 is 1. The number of fused-ring (bicyclic) bond motifs is 1. The van der Waals surface area contributed by atoms with Crippen molar-refractivity contribution in [1.29, 1.82) is 0 Å². The third-order valence-corrected chi connectivity index (χ3v) is 6.92. The number of H-pyrrole nitrogens is 1. The van der Waals surface area contributed by atoms with E-state index < -0.39 is 5.95 Å². The van der Waals surface area contributed by atoms with Crippen molar-refractivity contribution in [3.63, 3.8) is 0 Å². The average Bonchev–Trinajstić information content (AvgIpc) is 3.36. The van der Waals surface area contributed by atoms with Gasteiger partial charge in [0.1, 0.15) is 5.65 Å². The molecule has 38 heavy (non-hydrogen) atoms. The summed E-state index contributed by atoms with van der Waals surface area (Å²) in [5.74, 6) is 0.123. The normalized spacial score (nSPS) is 14.9. The number of rotatable bonds is 9. The van der Waals surface area contributed by atoms with Crippen LogP contribution in [0.3, 0.4) is 0 Å². The Labute approximate surface area is 221 Å². The molecule has 5 rings (SSSR count). The Balaban J connectivity index is 1.31. The molecule has 0 unspecified atom stereocenters. The van der Waals surface area contributed by atoms with Crippen LogP contribution in [0.15, 0.2) is 60.1 Å². The summed E-state index contributed by atoms with van der Waals surface area (Å²) in [6.07, 6.45) is 12.4. The fraction of sp³-hybridized carbons (Fsp3) is 0.310. The maximum absolute atomic E-state index is 15.0. The molecule has 4 aromatic heterocycles. The maximum Gasteiger partial charge on any atom is 0.216 e. The van der Waals surface area contributed by atoms with E-state index in [1.54, 1.807) is 25.7 Å². The molecular formula is C29H32FN7O. The summed E-state index contributed by atoms with van der Waals surface area (Å²) in [7, 11) is 1.60. The standard InChI is InChI=1S/C29H32FN7O/c1-38-29-19(3-2-10-33-29)4-6-25-7-5-20(27(30)37-25)13-22-17-36-28-26(22)14-21(16-35-28)23(15-31)18-34-24-8-11-32-12-9-24/h2-3,5,7,10,14-18,24,32H,4,6,8-9,11-13,31H2,1H3,(H,35,36)/b23-15+,34-18?. The van der Waals surface area contributed by atoms with E-state index >= 15 is 4.39 Å². The lowest BCUT2D eigenvalue weighted by Crippen LogP contribution is -2.29. The number of aliphatic imine (C=N–C) groups is 1. The van der Waals surface area contributed by atoms with E-state index in [9.17, 15) is 0 Å². The monoisotopic (exact) mass is 513 g/mol. The van der Waals surface area contributed by atoms with Crippen LogP contribution in [0.4, 0.5) is 4.39 Å². The molecular weight excluding hydrogens is 481 g/mol. The van der Waals surface area contributed by atoms with Crippen molar-refractivity contribution in [3.8, 4) is 5.88 Å². The van der Waals surface area contributed by atoms with Crippen LogP contribution in [-0.4, -0.2) is 52.4 Å². The van der Waals surface area contributed by atoms with Crippen LogP contribution >= 0.6 is 0 Å². The van der Waals surface area contributed by atoms with E-state index in [0.717, 1.165) is 59.2 Å². The molecule has 0 aromatic carbocycles. The van der Waals surface area contributed by atoms with Gasteiger partial charge in [0.2, 0.25) is 11.8 Å². The highest BCUT2D eigenvalue weighted by atomic mass is 19.1. The van der Waals surface area contributed by atoms with Gasteiger partial charge < -0.3 is 20.8 Å². The fourth-order valence-corrected chi connectivity index (χ4v) is 4.76. The van der Waals surface area contributed by atoms with Gasteiger partial charge in [0.15, 0.2) is 0 Å². The molecule has 9 heteroatoms. The summed E-state index contributed by atoms with van der Waals surface area (Å²) in [4.78, 5) is 20.9. The SMILES string of the molecule is COc1ncccc1CCc1ccc(Cc2c[nH]c3ncc(/C(C=NC4CCNCC4)=C/N)cc23)c(F)n1. The van der Waals surface area contributed by atoms with Gasteiger partial charge in [-0.05, 0) is 62.5 Å². The number of hydrogen-bond donors (Lipinski definition) is 3. The Kier molecular flexibility index (Phi) is 8.04. The van der Waals surface area contributed by atoms with Gasteiger partial charge in [0.05, 0.1) is 13.2 Å². The molecule has 0 aliphatic carbocycles. The lowest BCUT2D eigenvalue weighted by molar-refractivity contribution is 0.392. The number of halogens is 1. The average molecular weight is 514 g/mol. The Bertz CT molecular complexity index is 1460. The van der Waals surface area contributed by atoms with E-state index in [4.69, 9.17) is 15.5 Å². The lowest BCUT2D eigenvalue weighted by atomic mass is 10.0. The summed E-state index contributed by atoms with van der Waals surface area (Å²) in [5.41, 5.74) is 11.5. The van der Waals surface area contributed by atoms with Crippen LogP contribution in [0.5, 0.6) is 5.88 Å². The minimum Gasteiger partial charge on any atom is -0.481 e. The van der Waals surface area contributed by atoms with Crippen molar-refractivity contribution < 1.29 is 9.13 Å². The molecule has 5 heterocycles. The Morgan fingerprint density at radius 1 is 1.16 bits per heavy atom. The smallest absolute Gasteiger partial charge is 0.216 e. The van der Waals surface area contributed by atoms with Crippen LogP contribution < -0.4 is 15.8 Å². The summed E-state index contributed by atoms with van der Waals surface area (Å²) in [5, 5.41) is 4.27. The summed E-state index contributed by atoms with van der Waals surface area (Å²) >= 11 is 0. The first-order valence-corrected chi connectivity index (χ1v) is 12.9. The number of aryl methyl sites for hydroxylation is 2. The molecule has 8 nitrogen and oxygen atoms in total. The zero-order chi connectivity index (χ0) is 26.3. The highest BCUT2D eigenvalue weighted by Crippen LogP contribution is 2.25. The van der Waals surface area contributed by atoms with E-state index in [1.165, 1.54) is 0 Å². The number of nitrogens with zero attached hydrogens (tertiary/aromatic N) is 4. The highest BCUT2D eigenvalue weighted by Gasteiger charge is 2.14. The van der Waals surface area contributed by atoms with Gasteiger partial charge in [0.25, 0.3) is 0 Å². The van der Waals surface area contributed by atoms with Crippen LogP contribution in [0.25, 0.3) is 16.6 Å². The van der Waals surface area contributed by atoms with Crippen LogP contribution in [-0.2, 0) is 19.3 Å². The van der Waals surface area contributed by atoms with Crippen molar-refractivity contribution in [2.24, 2.45) is 10.7 Å². The van der Waals surface area contributed by atoms with Crippen molar-refractivity contribution in [3.05, 3.63) is 89.0 Å². The zero-order valence-corrected chi connectivity index (χ0v) is 21.5. The molecule has 1 fully saturated rings. The van der Waals surface area contributed by atoms with Gasteiger partial charge in [-0.1, -0.05) is 12.1 Å². The number of nitrogens with one attached hydrogen (secondary N) is 2. The van der Waals surface area contributed by atoms with E-state index in [0.29, 0.717) is 42.4 Å². The van der Waals surface area contributed by atoms with Gasteiger partial charge >= 0.3 is 0 Å². The van der Waals surface area contributed by atoms with E-state index in [-0.39, 0.29) is 0 Å². The highest BCUT2D eigenvalue weighted by molar-refractivity contribution is 6.10. The van der Waals surface area contributed by atoms with Gasteiger partial charge in [-0.15, -0.1) is 0 Å². The molecule has 4 N–H and O–H groups in total. The molecule has 1 saturated heterocycles. The quantitative estimate of drug-likeness (QED) is 0.230. The second kappa shape index (κ2) is 12.0. The largest absolute Gasteiger partial charge is 0.481 e. The number of ether oxygens (including phenoxy) is 1. The number of aromatic amines is 1. The van der Waals surface area contributed by atoms with Gasteiger partial charge in [-0.3, -0.25) is 4.99 Å². The first-order chi connectivity index (χ1) is 18.6. The molecule has 0 atom stereocenters. The van der Waals surface area contributed by atoms with Crippen molar-refractivity contribution in [2.75, 3.05) is 20.2 Å². The Hall–Kier alpha value is -4.11. The Morgan fingerprint density at radius 3 is 2.82 bits per heavy atom. The summed E-state index contributed by atoms with van der Waals surface area (Å²) < 4.78 is 20.3. The third kappa shape index (κ3) is 5.89. The van der Waals surface area contributed by atoms with Crippen LogP contribution in [0, 0.1) is 5.95 Å². The van der Waals surface area contributed by atoms with Crippen molar-refractivity contribution in [1.82, 2.24) is 25.3 Å². The van der Waals surface area contributed by atoms with E-state index in [1.807, 2.05) is 42.7 Å². The number of hydrogen-bond acceptors (Lipinski definition) is 7. The zero-order valence-electron chi connectivity index (χ0n) is 21.5. The first kappa shape index (κ1) is 25.5. The molecule has 0 spiro atoms. The van der Waals surface area contributed by atoms with Crippen molar-refractivity contribution >= 4 is 22.8 Å². The number of aromatic nitrogens is 4. The summed E-state index contributed by atoms with van der Waals surface area (Å²) in [6.45, 7) is 1.96. The number of allylic oxidation sites excluding steroid dienone is 1. The molecule has 1 aliphatic heterocycles. The minimum absolute atomic E-state index is 0.301. The number of piperidine rings is 1. The predicted octanol–water partition coefficient (Wildman–Crippen LogP) is 4.00. The van der Waals surface area contributed by atoms with E-state index in [2.05, 4.69) is 25.3 Å². The number of nitrogens with two attached hydrogens (primary N) is 1. The Morgan fingerprint density at radius 2 is 2.03 bits per heavy atom. The molecule has 0 radical (unpaired) electrons. The molecule has 4 aromatic rings. The maximum atomic E-state index is 15.0. The predicted molar refractivity (Wildman–Crippen MR) is 148 cm³/mol.